The summed E-state index contributed by atoms with van der Waals surface area (Å²) in [4.78, 5) is 88.5. The molecule has 0 spiro atoms. The van der Waals surface area contributed by atoms with E-state index in [9.17, 15) is 28.8 Å². The lowest BCUT2D eigenvalue weighted by molar-refractivity contribution is -0.148. The maximum absolute atomic E-state index is 14.5. The summed E-state index contributed by atoms with van der Waals surface area (Å²) in [6.07, 6.45) is 4.93. The number of rotatable bonds is 11. The Morgan fingerprint density at radius 1 is 0.913 bits per heavy atom. The molecular weight excluding hydrogens is 590 g/mol. The highest BCUT2D eigenvalue weighted by molar-refractivity contribution is 6.37. The smallest absolute Gasteiger partial charge is 0.287 e. The molecule has 0 aliphatic carbocycles. The molecule has 1 aliphatic heterocycles. The number of nitrogens with two attached hydrogens (primary N) is 1. The number of primary amides is 1. The maximum atomic E-state index is 14.5. The molecule has 3 rings (SSSR count). The van der Waals surface area contributed by atoms with E-state index in [1.54, 1.807) is 48.5 Å². The van der Waals surface area contributed by atoms with Gasteiger partial charge in [-0.05, 0) is 28.4 Å². The zero-order chi connectivity index (χ0) is 34.4. The van der Waals surface area contributed by atoms with Gasteiger partial charge in [-0.3, -0.25) is 33.8 Å². The highest BCUT2D eigenvalue weighted by atomic mass is 16.2. The Balaban J connectivity index is 1.95. The van der Waals surface area contributed by atoms with Crippen molar-refractivity contribution < 1.29 is 28.8 Å². The zero-order valence-corrected chi connectivity index (χ0v) is 27.5. The van der Waals surface area contributed by atoms with Crippen molar-refractivity contribution in [2.24, 2.45) is 16.6 Å². The Kier molecular flexibility index (Phi) is 11.4. The van der Waals surface area contributed by atoms with Gasteiger partial charge >= 0.3 is 0 Å². The molecule has 5 amide bonds. The lowest BCUT2D eigenvalue weighted by Crippen LogP contribution is -2.64. The second kappa shape index (κ2) is 14.6. The van der Waals surface area contributed by atoms with E-state index in [4.69, 9.17) is 5.73 Å². The Labute approximate surface area is 269 Å². The molecule has 4 atom stereocenters. The van der Waals surface area contributed by atoms with Crippen LogP contribution in [-0.2, 0) is 36.9 Å². The predicted octanol–water partition coefficient (Wildman–Crippen LogP) is 1.44. The van der Waals surface area contributed by atoms with E-state index >= 15 is 0 Å². The SMILES string of the molecule is CCC[C@H](NC(=O)[C@@H]1Cc2ccccc2CN1C(=O)[C@@H](NC(=O)[C@@H](NC(=O)c1cnccn1)C(C)(C)C)C(C)(C)C)C(=O)C(N)=O. The van der Waals surface area contributed by atoms with Crippen LogP contribution in [0.1, 0.15) is 82.9 Å². The van der Waals surface area contributed by atoms with Crippen LogP contribution in [0.3, 0.4) is 0 Å². The van der Waals surface area contributed by atoms with Crippen molar-refractivity contribution in [2.45, 2.75) is 98.4 Å². The second-order valence-corrected chi connectivity index (χ2v) is 13.7. The third-order valence-corrected chi connectivity index (χ3v) is 7.89. The maximum Gasteiger partial charge on any atom is 0.287 e. The van der Waals surface area contributed by atoms with Gasteiger partial charge in [-0.25, -0.2) is 4.98 Å². The minimum Gasteiger partial charge on any atom is -0.363 e. The molecule has 2 heterocycles. The lowest BCUT2D eigenvalue weighted by Gasteiger charge is -2.42. The molecule has 13 heteroatoms. The average Bonchev–Trinajstić information content (AvgIpc) is 2.99. The van der Waals surface area contributed by atoms with Crippen LogP contribution in [0.2, 0.25) is 0 Å². The van der Waals surface area contributed by atoms with E-state index in [0.29, 0.717) is 6.42 Å². The van der Waals surface area contributed by atoms with Crippen LogP contribution in [0.4, 0.5) is 0 Å². The van der Waals surface area contributed by atoms with Crippen molar-refractivity contribution in [3.8, 4) is 0 Å². The van der Waals surface area contributed by atoms with Gasteiger partial charge in [-0.15, -0.1) is 0 Å². The van der Waals surface area contributed by atoms with Gasteiger partial charge in [-0.1, -0.05) is 79.2 Å². The predicted molar refractivity (Wildman–Crippen MR) is 170 cm³/mol. The first-order chi connectivity index (χ1) is 21.4. The largest absolute Gasteiger partial charge is 0.363 e. The number of carbonyl (C=O) groups excluding carboxylic acids is 6. The molecule has 1 aromatic carbocycles. The van der Waals surface area contributed by atoms with E-state index in [1.807, 2.05) is 24.3 Å². The quantitative estimate of drug-likeness (QED) is 0.266. The van der Waals surface area contributed by atoms with Gasteiger partial charge in [-0.2, -0.15) is 0 Å². The molecule has 0 bridgehead atoms. The van der Waals surface area contributed by atoms with Crippen molar-refractivity contribution in [3.63, 3.8) is 0 Å². The highest BCUT2D eigenvalue weighted by Crippen LogP contribution is 2.29. The first-order valence-corrected chi connectivity index (χ1v) is 15.3. The van der Waals surface area contributed by atoms with Crippen LogP contribution in [0.15, 0.2) is 42.9 Å². The van der Waals surface area contributed by atoms with Crippen molar-refractivity contribution in [2.75, 3.05) is 0 Å². The van der Waals surface area contributed by atoms with Gasteiger partial charge in [0.1, 0.15) is 23.8 Å². The van der Waals surface area contributed by atoms with Gasteiger partial charge in [0.15, 0.2) is 0 Å². The number of carbonyl (C=O) groups is 6. The van der Waals surface area contributed by atoms with Gasteiger partial charge in [0, 0.05) is 25.4 Å². The Morgan fingerprint density at radius 3 is 2.09 bits per heavy atom. The monoisotopic (exact) mass is 635 g/mol. The summed E-state index contributed by atoms with van der Waals surface area (Å²) in [5.41, 5.74) is 5.37. The average molecular weight is 636 g/mol. The fraction of sp³-hybridized carbons (Fsp3) is 0.515. The fourth-order valence-electron chi connectivity index (χ4n) is 5.32. The molecule has 0 fully saturated rings. The zero-order valence-electron chi connectivity index (χ0n) is 27.5. The number of nitrogens with zero attached hydrogens (tertiary/aromatic N) is 3. The normalized spacial score (nSPS) is 16.7. The minimum absolute atomic E-state index is 0.0324. The molecule has 0 saturated heterocycles. The van der Waals surface area contributed by atoms with Crippen molar-refractivity contribution >= 4 is 35.3 Å². The molecule has 1 aromatic heterocycles. The lowest BCUT2D eigenvalue weighted by atomic mass is 9.82. The first-order valence-electron chi connectivity index (χ1n) is 15.3. The van der Waals surface area contributed by atoms with Crippen molar-refractivity contribution in [3.05, 3.63) is 59.7 Å². The summed E-state index contributed by atoms with van der Waals surface area (Å²) in [6.45, 7) is 12.6. The van der Waals surface area contributed by atoms with E-state index in [-0.39, 0.29) is 25.1 Å². The summed E-state index contributed by atoms with van der Waals surface area (Å²) in [6, 6.07) is 3.05. The summed E-state index contributed by atoms with van der Waals surface area (Å²) < 4.78 is 0. The molecule has 0 saturated carbocycles. The van der Waals surface area contributed by atoms with E-state index < -0.39 is 70.3 Å². The van der Waals surface area contributed by atoms with Crippen LogP contribution in [0.25, 0.3) is 0 Å². The van der Waals surface area contributed by atoms with Gasteiger partial charge in [0.2, 0.25) is 23.5 Å². The first kappa shape index (κ1) is 35.8. The number of hydrogen-bond acceptors (Lipinski definition) is 8. The number of nitrogens with one attached hydrogen (secondary N) is 3. The van der Waals surface area contributed by atoms with E-state index in [0.717, 1.165) is 11.1 Å². The number of amides is 5. The minimum atomic E-state index is -1.16. The fourth-order valence-corrected chi connectivity index (χ4v) is 5.32. The van der Waals surface area contributed by atoms with Gasteiger partial charge in [0.25, 0.3) is 11.8 Å². The molecular formula is C33H45N7O6. The summed E-state index contributed by atoms with van der Waals surface area (Å²) in [5.74, 6) is -4.39. The molecule has 13 nitrogen and oxygen atoms in total. The summed E-state index contributed by atoms with van der Waals surface area (Å²) >= 11 is 0. The van der Waals surface area contributed by atoms with Crippen LogP contribution in [0, 0.1) is 10.8 Å². The standard InChI is InChI=1S/C33H45N7O6/c1-8-11-21(24(41)27(34)42)37-29(44)23-16-19-12-9-10-13-20(19)18-40(23)31(46)26(33(5,6)7)39-30(45)25(32(2,3)4)38-28(43)22-17-35-14-15-36-22/h9-10,12-15,17,21,23,25-26H,8,11,16,18H2,1-7H3,(H2,34,42)(H,37,44)(H,38,43)(H,39,45)/t21-,23-,25+,26+/m0/s1. The Bertz CT molecular complexity index is 1460. The molecule has 0 unspecified atom stereocenters. The number of ketones is 1. The topological polar surface area (TPSA) is 194 Å². The second-order valence-electron chi connectivity index (χ2n) is 13.7. The molecule has 1 aliphatic rings. The number of hydrogen-bond donors (Lipinski definition) is 4. The van der Waals surface area contributed by atoms with Crippen LogP contribution in [0.5, 0.6) is 0 Å². The number of benzene rings is 1. The third kappa shape index (κ3) is 8.73. The van der Waals surface area contributed by atoms with Crippen molar-refractivity contribution in [1.82, 2.24) is 30.8 Å². The molecule has 46 heavy (non-hydrogen) atoms. The van der Waals surface area contributed by atoms with Gasteiger partial charge < -0.3 is 26.6 Å². The van der Waals surface area contributed by atoms with Gasteiger partial charge in [0.05, 0.1) is 12.2 Å². The van der Waals surface area contributed by atoms with Crippen LogP contribution in [-0.4, -0.2) is 74.4 Å². The van der Waals surface area contributed by atoms with Crippen LogP contribution >= 0.6 is 0 Å². The molecule has 0 radical (unpaired) electrons. The molecule has 248 valence electrons. The Morgan fingerprint density at radius 2 is 1.54 bits per heavy atom. The number of aromatic nitrogens is 2. The molecule has 5 N–H and O–H groups in total. The molecule has 2 aromatic rings. The van der Waals surface area contributed by atoms with E-state index in [1.165, 1.54) is 23.5 Å². The van der Waals surface area contributed by atoms with E-state index in [2.05, 4.69) is 25.9 Å². The Hall–Kier alpha value is -4.68. The number of Topliss-reactive ketones (excluding diaryl/α,β-unsaturated/α-hetero) is 1. The summed E-state index contributed by atoms with van der Waals surface area (Å²) in [7, 11) is 0. The summed E-state index contributed by atoms with van der Waals surface area (Å²) in [5, 5.41) is 8.25. The van der Waals surface area contributed by atoms with Crippen molar-refractivity contribution in [1.29, 1.82) is 0 Å². The third-order valence-electron chi connectivity index (χ3n) is 7.89. The van der Waals surface area contributed by atoms with Crippen LogP contribution < -0.4 is 21.7 Å². The highest BCUT2D eigenvalue weighted by Gasteiger charge is 2.44. The number of fused-ring (bicyclic) bond motifs is 1.